The number of allylic oxidation sites excluding steroid dienone is 2. The standard InChI is InChI=1S/C19H29F3/c20-16-7-1-13(2-8-16)19(14-3-9-17(21)10-4-14)15-5-11-18(22)12-6-15/h1,7,13-19H,2-6,8-12H2. The molecule has 0 aromatic heterocycles. The van der Waals surface area contributed by atoms with Gasteiger partial charge >= 0.3 is 0 Å². The normalized spacial score (nSPS) is 44.7. The summed E-state index contributed by atoms with van der Waals surface area (Å²) in [6, 6.07) is 0. The molecule has 0 spiro atoms. The number of hydrogen-bond acceptors (Lipinski definition) is 0. The Morgan fingerprint density at radius 1 is 0.591 bits per heavy atom. The Balaban J connectivity index is 1.71. The Morgan fingerprint density at radius 3 is 1.50 bits per heavy atom. The van der Waals surface area contributed by atoms with Crippen molar-refractivity contribution in [3.8, 4) is 0 Å². The van der Waals surface area contributed by atoms with Crippen LogP contribution in [0.15, 0.2) is 12.2 Å². The minimum absolute atomic E-state index is 0.425. The van der Waals surface area contributed by atoms with E-state index in [9.17, 15) is 13.2 Å². The Hall–Kier alpha value is -0.470. The molecule has 0 aromatic carbocycles. The van der Waals surface area contributed by atoms with Crippen LogP contribution < -0.4 is 0 Å². The number of hydrogen-bond donors (Lipinski definition) is 0. The first-order valence-corrected chi connectivity index (χ1v) is 9.24. The number of alkyl halides is 3. The fraction of sp³-hybridized carbons (Fsp3) is 0.895. The van der Waals surface area contributed by atoms with Crippen LogP contribution in [-0.2, 0) is 0 Å². The van der Waals surface area contributed by atoms with Crippen molar-refractivity contribution in [2.75, 3.05) is 0 Å². The van der Waals surface area contributed by atoms with Gasteiger partial charge in [-0.1, -0.05) is 12.2 Å². The number of halogens is 3. The molecule has 0 N–H and O–H groups in total. The van der Waals surface area contributed by atoms with Crippen LogP contribution in [0, 0.1) is 23.7 Å². The van der Waals surface area contributed by atoms with E-state index in [-0.39, 0.29) is 0 Å². The van der Waals surface area contributed by atoms with E-state index >= 15 is 0 Å². The fourth-order valence-corrected chi connectivity index (χ4v) is 5.14. The summed E-state index contributed by atoms with van der Waals surface area (Å²) in [5, 5.41) is 0. The fourth-order valence-electron chi connectivity index (χ4n) is 5.14. The molecule has 0 aromatic rings. The molecule has 3 aliphatic carbocycles. The van der Waals surface area contributed by atoms with E-state index in [4.69, 9.17) is 0 Å². The first-order valence-electron chi connectivity index (χ1n) is 9.24. The maximum absolute atomic E-state index is 13.5. The minimum Gasteiger partial charge on any atom is -0.247 e. The highest BCUT2D eigenvalue weighted by Gasteiger charge is 2.39. The van der Waals surface area contributed by atoms with E-state index < -0.39 is 18.5 Å². The van der Waals surface area contributed by atoms with Gasteiger partial charge in [-0.3, -0.25) is 0 Å². The quantitative estimate of drug-likeness (QED) is 0.563. The van der Waals surface area contributed by atoms with Crippen LogP contribution in [0.1, 0.15) is 64.2 Å². The van der Waals surface area contributed by atoms with Gasteiger partial charge in [0.2, 0.25) is 0 Å². The smallest absolute Gasteiger partial charge is 0.118 e. The first kappa shape index (κ1) is 16.4. The average Bonchev–Trinajstić information content (AvgIpc) is 2.53. The summed E-state index contributed by atoms with van der Waals surface area (Å²) in [6.45, 7) is 0. The molecular formula is C19H29F3. The van der Waals surface area contributed by atoms with Crippen LogP contribution in [0.5, 0.6) is 0 Å². The van der Waals surface area contributed by atoms with Gasteiger partial charge in [0.1, 0.15) is 18.5 Å². The van der Waals surface area contributed by atoms with Gasteiger partial charge in [0, 0.05) is 0 Å². The Kier molecular flexibility index (Phi) is 5.51. The van der Waals surface area contributed by atoms with Gasteiger partial charge in [-0.2, -0.15) is 0 Å². The maximum atomic E-state index is 13.5. The highest BCUT2D eigenvalue weighted by molar-refractivity contribution is 5.03. The zero-order chi connectivity index (χ0) is 15.5. The van der Waals surface area contributed by atoms with Crippen molar-refractivity contribution < 1.29 is 13.2 Å². The van der Waals surface area contributed by atoms with Crippen molar-refractivity contribution in [2.45, 2.75) is 82.7 Å². The summed E-state index contributed by atoms with van der Waals surface area (Å²) in [5.41, 5.74) is 0. The molecule has 3 aliphatic rings. The van der Waals surface area contributed by atoms with E-state index in [1.807, 2.05) is 0 Å². The van der Waals surface area contributed by atoms with E-state index in [2.05, 4.69) is 6.08 Å². The molecule has 0 radical (unpaired) electrons. The van der Waals surface area contributed by atoms with Crippen molar-refractivity contribution in [3.05, 3.63) is 12.2 Å². The molecule has 2 atom stereocenters. The topological polar surface area (TPSA) is 0 Å². The lowest BCUT2D eigenvalue weighted by atomic mass is 9.63. The Bertz CT molecular complexity index is 343. The molecule has 22 heavy (non-hydrogen) atoms. The average molecular weight is 314 g/mol. The van der Waals surface area contributed by atoms with Crippen LogP contribution in [-0.4, -0.2) is 18.5 Å². The molecule has 0 heterocycles. The molecule has 0 bridgehead atoms. The van der Waals surface area contributed by atoms with Crippen molar-refractivity contribution in [1.29, 1.82) is 0 Å². The number of rotatable bonds is 3. The lowest BCUT2D eigenvalue weighted by Gasteiger charge is -2.43. The lowest BCUT2D eigenvalue weighted by molar-refractivity contribution is 0.0608. The van der Waals surface area contributed by atoms with Gasteiger partial charge in [0.05, 0.1) is 0 Å². The summed E-state index contributed by atoms with van der Waals surface area (Å²) in [5.74, 6) is 2.05. The largest absolute Gasteiger partial charge is 0.247 e. The van der Waals surface area contributed by atoms with Crippen LogP contribution in [0.4, 0.5) is 13.2 Å². The molecule has 2 saturated carbocycles. The van der Waals surface area contributed by atoms with Crippen LogP contribution in [0.3, 0.4) is 0 Å². The van der Waals surface area contributed by atoms with Crippen molar-refractivity contribution in [1.82, 2.24) is 0 Å². The zero-order valence-corrected chi connectivity index (χ0v) is 13.4. The van der Waals surface area contributed by atoms with E-state index in [1.54, 1.807) is 6.08 Å². The molecule has 0 amide bonds. The van der Waals surface area contributed by atoms with Gasteiger partial charge in [0.15, 0.2) is 0 Å². The van der Waals surface area contributed by atoms with Gasteiger partial charge in [-0.05, 0) is 87.9 Å². The summed E-state index contributed by atoms with van der Waals surface area (Å²) >= 11 is 0. The minimum atomic E-state index is -0.792. The van der Waals surface area contributed by atoms with E-state index in [0.29, 0.717) is 55.8 Å². The van der Waals surface area contributed by atoms with Crippen LogP contribution in [0.25, 0.3) is 0 Å². The Labute approximate surface area is 132 Å². The van der Waals surface area contributed by atoms with Gasteiger partial charge in [0.25, 0.3) is 0 Å². The molecule has 2 unspecified atom stereocenters. The predicted octanol–water partition coefficient (Wildman–Crippen LogP) is 5.96. The zero-order valence-electron chi connectivity index (χ0n) is 13.4. The van der Waals surface area contributed by atoms with Crippen molar-refractivity contribution >= 4 is 0 Å². The summed E-state index contributed by atoms with van der Waals surface area (Å²) in [4.78, 5) is 0. The molecular weight excluding hydrogens is 285 g/mol. The Morgan fingerprint density at radius 2 is 1.09 bits per heavy atom. The molecule has 0 nitrogen and oxygen atoms in total. The molecule has 126 valence electrons. The predicted molar refractivity (Wildman–Crippen MR) is 84.0 cm³/mol. The van der Waals surface area contributed by atoms with Gasteiger partial charge < -0.3 is 0 Å². The summed E-state index contributed by atoms with van der Waals surface area (Å²) < 4.78 is 40.4. The third-order valence-electron chi connectivity index (χ3n) is 6.33. The highest BCUT2D eigenvalue weighted by Crippen LogP contribution is 2.46. The van der Waals surface area contributed by atoms with Crippen molar-refractivity contribution in [2.24, 2.45) is 23.7 Å². The molecule has 3 rings (SSSR count). The summed E-state index contributed by atoms with van der Waals surface area (Å²) in [6.07, 6.45) is 9.87. The lowest BCUT2D eigenvalue weighted by Crippen LogP contribution is -2.36. The molecule has 2 fully saturated rings. The van der Waals surface area contributed by atoms with E-state index in [1.165, 1.54) is 0 Å². The van der Waals surface area contributed by atoms with Crippen molar-refractivity contribution in [3.63, 3.8) is 0 Å². The maximum Gasteiger partial charge on any atom is 0.118 e. The monoisotopic (exact) mass is 314 g/mol. The third kappa shape index (κ3) is 3.89. The molecule has 0 saturated heterocycles. The first-order chi connectivity index (χ1) is 10.6. The van der Waals surface area contributed by atoms with Crippen LogP contribution >= 0.6 is 0 Å². The highest BCUT2D eigenvalue weighted by atomic mass is 19.1. The second-order valence-corrected chi connectivity index (χ2v) is 7.74. The van der Waals surface area contributed by atoms with Crippen LogP contribution in [0.2, 0.25) is 0 Å². The van der Waals surface area contributed by atoms with Gasteiger partial charge in [-0.15, -0.1) is 0 Å². The summed E-state index contributed by atoms with van der Waals surface area (Å²) in [7, 11) is 0. The SMILES string of the molecule is FC1C=CC(C(C2CCC(F)CC2)C2CCC(F)CC2)CC1. The molecule has 3 heteroatoms. The second-order valence-electron chi connectivity index (χ2n) is 7.74. The molecule has 0 aliphatic heterocycles. The van der Waals surface area contributed by atoms with Gasteiger partial charge in [-0.25, -0.2) is 13.2 Å². The van der Waals surface area contributed by atoms with E-state index in [0.717, 1.165) is 32.1 Å². The second kappa shape index (κ2) is 7.40. The third-order valence-corrected chi connectivity index (χ3v) is 6.33.